The molecule has 1 atom stereocenters. The number of piperazine rings is 1. The van der Waals surface area contributed by atoms with Crippen LogP contribution in [0.15, 0.2) is 18.3 Å². The molecule has 0 aromatic carbocycles. The lowest BCUT2D eigenvalue weighted by atomic mass is 10.00. The van der Waals surface area contributed by atoms with Gasteiger partial charge in [-0.1, -0.05) is 6.92 Å². The summed E-state index contributed by atoms with van der Waals surface area (Å²) in [5.74, 6) is 0.735. The molecule has 1 unspecified atom stereocenters. The number of aromatic nitrogens is 1. The van der Waals surface area contributed by atoms with Crippen molar-refractivity contribution in [3.63, 3.8) is 0 Å². The van der Waals surface area contributed by atoms with Gasteiger partial charge in [-0.2, -0.15) is 0 Å². The monoisotopic (exact) mass is 330 g/mol. The van der Waals surface area contributed by atoms with Gasteiger partial charge in [-0.05, 0) is 30.9 Å². The molecule has 0 spiro atoms. The van der Waals surface area contributed by atoms with E-state index in [9.17, 15) is 9.59 Å². The van der Waals surface area contributed by atoms with Crippen LogP contribution in [0.4, 0.5) is 5.69 Å². The highest BCUT2D eigenvalue weighted by atomic mass is 16.2. The molecule has 1 aromatic heterocycles. The van der Waals surface area contributed by atoms with Crippen LogP contribution in [0, 0.1) is 5.92 Å². The van der Waals surface area contributed by atoms with Gasteiger partial charge in [0.1, 0.15) is 5.69 Å². The molecule has 3 rings (SSSR count). The minimum absolute atomic E-state index is 0.0366. The molecule has 2 fully saturated rings. The van der Waals surface area contributed by atoms with Crippen molar-refractivity contribution < 1.29 is 9.59 Å². The molecule has 6 heteroatoms. The average molecular weight is 330 g/mol. The Balaban J connectivity index is 1.61. The molecule has 2 saturated heterocycles. The van der Waals surface area contributed by atoms with Gasteiger partial charge in [-0.25, -0.2) is 4.98 Å². The van der Waals surface area contributed by atoms with E-state index in [1.807, 2.05) is 21.9 Å². The van der Waals surface area contributed by atoms with Gasteiger partial charge in [-0.3, -0.25) is 9.59 Å². The molecule has 0 saturated carbocycles. The Kier molecular flexibility index (Phi) is 5.02. The lowest BCUT2D eigenvalue weighted by Crippen LogP contribution is -2.48. The van der Waals surface area contributed by atoms with Crippen LogP contribution in [0.3, 0.4) is 0 Å². The summed E-state index contributed by atoms with van der Waals surface area (Å²) in [4.78, 5) is 34.3. The number of carbonyl (C=O) groups excluding carboxylic acids is 2. The van der Waals surface area contributed by atoms with Crippen LogP contribution in [0.1, 0.15) is 37.2 Å². The highest BCUT2D eigenvalue weighted by Crippen LogP contribution is 2.19. The number of amides is 2. The molecule has 2 amide bonds. The number of piperidine rings is 1. The molecule has 130 valence electrons. The molecule has 1 aromatic rings. The summed E-state index contributed by atoms with van der Waals surface area (Å²) in [6, 6.07) is 3.80. The van der Waals surface area contributed by atoms with Crippen molar-refractivity contribution in [2.45, 2.75) is 26.7 Å². The molecule has 0 radical (unpaired) electrons. The second-order valence-corrected chi connectivity index (χ2v) is 6.89. The van der Waals surface area contributed by atoms with Gasteiger partial charge in [0, 0.05) is 46.2 Å². The van der Waals surface area contributed by atoms with Crippen molar-refractivity contribution in [3.05, 3.63) is 24.0 Å². The Labute approximate surface area is 143 Å². The summed E-state index contributed by atoms with van der Waals surface area (Å²) in [6.07, 6.45) is 4.05. The first kappa shape index (κ1) is 16.7. The van der Waals surface area contributed by atoms with E-state index in [-0.39, 0.29) is 11.8 Å². The van der Waals surface area contributed by atoms with Crippen molar-refractivity contribution in [1.82, 2.24) is 14.8 Å². The normalized spacial score (nSPS) is 21.8. The maximum absolute atomic E-state index is 12.6. The minimum atomic E-state index is 0.0366. The summed E-state index contributed by atoms with van der Waals surface area (Å²) in [6.45, 7) is 8.55. The quantitative estimate of drug-likeness (QED) is 0.827. The third-order valence-corrected chi connectivity index (χ3v) is 5.00. The number of rotatable bonds is 2. The van der Waals surface area contributed by atoms with E-state index in [0.29, 0.717) is 11.6 Å². The van der Waals surface area contributed by atoms with E-state index in [1.54, 1.807) is 13.1 Å². The van der Waals surface area contributed by atoms with Gasteiger partial charge in [0.15, 0.2) is 0 Å². The Morgan fingerprint density at radius 2 is 1.83 bits per heavy atom. The standard InChI is InChI=1S/C18H26N4O2/c1-14-4-3-7-22(13-14)18(24)17-6-5-16(12-19-17)21-10-8-20(9-11-21)15(2)23/h5-6,12,14H,3-4,7-11,13H2,1-2H3. The fraction of sp³-hybridized carbons (Fsp3) is 0.611. The van der Waals surface area contributed by atoms with Crippen LogP contribution in [0.2, 0.25) is 0 Å². The van der Waals surface area contributed by atoms with E-state index in [2.05, 4.69) is 16.8 Å². The summed E-state index contributed by atoms with van der Waals surface area (Å²) in [5, 5.41) is 0. The van der Waals surface area contributed by atoms with Crippen molar-refractivity contribution in [1.29, 1.82) is 0 Å². The van der Waals surface area contributed by atoms with E-state index in [0.717, 1.165) is 51.4 Å². The fourth-order valence-corrected chi connectivity index (χ4v) is 3.52. The van der Waals surface area contributed by atoms with Crippen LogP contribution in [-0.2, 0) is 4.79 Å². The zero-order valence-corrected chi connectivity index (χ0v) is 14.6. The lowest BCUT2D eigenvalue weighted by Gasteiger charge is -2.35. The van der Waals surface area contributed by atoms with Gasteiger partial charge in [0.25, 0.3) is 5.91 Å². The number of hydrogen-bond acceptors (Lipinski definition) is 4. The Morgan fingerprint density at radius 3 is 2.42 bits per heavy atom. The molecule has 6 nitrogen and oxygen atoms in total. The zero-order valence-electron chi connectivity index (χ0n) is 14.6. The first-order chi connectivity index (χ1) is 11.5. The summed E-state index contributed by atoms with van der Waals surface area (Å²) < 4.78 is 0. The molecule has 3 heterocycles. The maximum atomic E-state index is 12.6. The number of anilines is 1. The van der Waals surface area contributed by atoms with Gasteiger partial charge in [0.05, 0.1) is 11.9 Å². The van der Waals surface area contributed by atoms with Crippen LogP contribution in [0.5, 0.6) is 0 Å². The molecular formula is C18H26N4O2. The third kappa shape index (κ3) is 3.68. The number of likely N-dealkylation sites (tertiary alicyclic amines) is 1. The maximum Gasteiger partial charge on any atom is 0.272 e. The molecular weight excluding hydrogens is 304 g/mol. The summed E-state index contributed by atoms with van der Waals surface area (Å²) in [5.41, 5.74) is 1.54. The topological polar surface area (TPSA) is 56.8 Å². The van der Waals surface area contributed by atoms with Gasteiger partial charge in [-0.15, -0.1) is 0 Å². The van der Waals surface area contributed by atoms with Crippen molar-refractivity contribution in [2.75, 3.05) is 44.2 Å². The van der Waals surface area contributed by atoms with E-state index >= 15 is 0 Å². The van der Waals surface area contributed by atoms with Crippen molar-refractivity contribution >= 4 is 17.5 Å². The highest BCUT2D eigenvalue weighted by Gasteiger charge is 2.23. The Morgan fingerprint density at radius 1 is 1.08 bits per heavy atom. The van der Waals surface area contributed by atoms with Crippen LogP contribution in [0.25, 0.3) is 0 Å². The predicted molar refractivity (Wildman–Crippen MR) is 93.0 cm³/mol. The predicted octanol–water partition coefficient (Wildman–Crippen LogP) is 1.62. The highest BCUT2D eigenvalue weighted by molar-refractivity contribution is 5.92. The SMILES string of the molecule is CC(=O)N1CCN(c2ccc(C(=O)N3CCCC(C)C3)nc2)CC1. The summed E-state index contributed by atoms with van der Waals surface area (Å²) in [7, 11) is 0. The van der Waals surface area contributed by atoms with Gasteiger partial charge < -0.3 is 14.7 Å². The fourth-order valence-electron chi connectivity index (χ4n) is 3.52. The molecule has 0 N–H and O–H groups in total. The Bertz CT molecular complexity index is 594. The largest absolute Gasteiger partial charge is 0.367 e. The van der Waals surface area contributed by atoms with Crippen LogP contribution >= 0.6 is 0 Å². The molecule has 0 bridgehead atoms. The molecule has 24 heavy (non-hydrogen) atoms. The number of nitrogens with zero attached hydrogens (tertiary/aromatic N) is 4. The molecule has 2 aliphatic heterocycles. The number of pyridine rings is 1. The molecule has 0 aliphatic carbocycles. The zero-order chi connectivity index (χ0) is 17.1. The lowest BCUT2D eigenvalue weighted by molar-refractivity contribution is -0.129. The average Bonchev–Trinajstić information content (AvgIpc) is 2.61. The smallest absolute Gasteiger partial charge is 0.272 e. The van der Waals surface area contributed by atoms with Crippen molar-refractivity contribution in [2.24, 2.45) is 5.92 Å². The van der Waals surface area contributed by atoms with Gasteiger partial charge >= 0.3 is 0 Å². The number of carbonyl (C=O) groups is 2. The summed E-state index contributed by atoms with van der Waals surface area (Å²) >= 11 is 0. The molecule has 2 aliphatic rings. The van der Waals surface area contributed by atoms with E-state index in [4.69, 9.17) is 0 Å². The first-order valence-corrected chi connectivity index (χ1v) is 8.80. The van der Waals surface area contributed by atoms with Crippen LogP contribution in [-0.4, -0.2) is 65.9 Å². The minimum Gasteiger partial charge on any atom is -0.367 e. The van der Waals surface area contributed by atoms with Crippen molar-refractivity contribution in [3.8, 4) is 0 Å². The Hall–Kier alpha value is -2.11. The second kappa shape index (κ2) is 7.20. The van der Waals surface area contributed by atoms with E-state index < -0.39 is 0 Å². The second-order valence-electron chi connectivity index (χ2n) is 6.89. The third-order valence-electron chi connectivity index (χ3n) is 5.00. The van der Waals surface area contributed by atoms with Crippen LogP contribution < -0.4 is 4.90 Å². The van der Waals surface area contributed by atoms with E-state index in [1.165, 1.54) is 6.42 Å². The van der Waals surface area contributed by atoms with Gasteiger partial charge in [0.2, 0.25) is 5.91 Å². The number of hydrogen-bond donors (Lipinski definition) is 0. The first-order valence-electron chi connectivity index (χ1n) is 8.80.